The smallest absolute Gasteiger partial charge is 0.337 e. The Kier molecular flexibility index (Phi) is 6.61. The number of esters is 1. The molecule has 0 atom stereocenters. The van der Waals surface area contributed by atoms with Crippen molar-refractivity contribution in [3.8, 4) is 0 Å². The third-order valence-electron chi connectivity index (χ3n) is 4.44. The summed E-state index contributed by atoms with van der Waals surface area (Å²) in [5.41, 5.74) is 2.43. The average Bonchev–Trinajstić information content (AvgIpc) is 2.76. The number of nitrogens with zero attached hydrogens (tertiary/aromatic N) is 1. The lowest BCUT2D eigenvalue weighted by atomic mass is 10.1. The highest BCUT2D eigenvalue weighted by atomic mass is 16.5. The predicted molar refractivity (Wildman–Crippen MR) is 116 cm³/mol. The number of amides is 2. The summed E-state index contributed by atoms with van der Waals surface area (Å²) in [7, 11) is 1.30. The van der Waals surface area contributed by atoms with Crippen LogP contribution in [0.5, 0.6) is 0 Å². The zero-order chi connectivity index (χ0) is 22.4. The van der Waals surface area contributed by atoms with Crippen LogP contribution in [0.3, 0.4) is 0 Å². The molecule has 0 saturated carbocycles. The van der Waals surface area contributed by atoms with Crippen LogP contribution in [0, 0.1) is 6.92 Å². The lowest BCUT2D eigenvalue weighted by molar-refractivity contribution is -0.116. The maximum absolute atomic E-state index is 12.4. The minimum absolute atomic E-state index is 0.107. The fourth-order valence-electron chi connectivity index (χ4n) is 2.85. The van der Waals surface area contributed by atoms with Crippen LogP contribution in [-0.2, 0) is 16.1 Å². The first kappa shape index (κ1) is 21.5. The molecule has 2 aromatic carbocycles. The molecule has 0 aliphatic carbocycles. The molecule has 158 valence electrons. The lowest BCUT2D eigenvalue weighted by Gasteiger charge is -2.09. The molecule has 0 bridgehead atoms. The molecule has 1 aromatic heterocycles. The van der Waals surface area contributed by atoms with Gasteiger partial charge in [-0.25, -0.2) is 4.79 Å². The van der Waals surface area contributed by atoms with Crippen LogP contribution in [0.4, 0.5) is 11.4 Å². The highest BCUT2D eigenvalue weighted by Crippen LogP contribution is 2.14. The van der Waals surface area contributed by atoms with Crippen LogP contribution >= 0.6 is 0 Å². The Morgan fingerprint density at radius 1 is 0.839 bits per heavy atom. The first-order valence-corrected chi connectivity index (χ1v) is 9.42. The zero-order valence-electron chi connectivity index (χ0n) is 17.0. The average molecular weight is 419 g/mol. The van der Waals surface area contributed by atoms with Crippen molar-refractivity contribution in [2.75, 3.05) is 17.7 Å². The van der Waals surface area contributed by atoms with Gasteiger partial charge >= 0.3 is 5.97 Å². The van der Waals surface area contributed by atoms with E-state index in [1.54, 1.807) is 60.8 Å². The van der Waals surface area contributed by atoms with Crippen molar-refractivity contribution in [3.05, 3.63) is 93.9 Å². The standard InChI is InChI=1S/C23H21N3O5/c1-15-3-12-21(28)26(13-15)14-20(27)24-18-8-4-16(5-9-18)22(29)25-19-10-6-17(7-11-19)23(30)31-2/h3-13H,14H2,1-2H3,(H,24,27)(H,25,29). The van der Waals surface area contributed by atoms with E-state index in [2.05, 4.69) is 15.4 Å². The van der Waals surface area contributed by atoms with Gasteiger partial charge in [0.2, 0.25) is 5.91 Å². The van der Waals surface area contributed by atoms with Crippen LogP contribution in [0.1, 0.15) is 26.3 Å². The Labute approximate surface area is 178 Å². The second-order valence-electron chi connectivity index (χ2n) is 6.82. The van der Waals surface area contributed by atoms with Gasteiger partial charge in [-0.05, 0) is 61.0 Å². The molecule has 0 aliphatic heterocycles. The summed E-state index contributed by atoms with van der Waals surface area (Å²) in [4.78, 5) is 47.9. The van der Waals surface area contributed by atoms with Gasteiger partial charge in [0.15, 0.2) is 0 Å². The molecule has 0 radical (unpaired) electrons. The quantitative estimate of drug-likeness (QED) is 0.598. The number of aryl methyl sites for hydroxylation is 1. The van der Waals surface area contributed by atoms with Crippen LogP contribution in [0.2, 0.25) is 0 Å². The molecule has 8 heteroatoms. The van der Waals surface area contributed by atoms with Gasteiger partial charge < -0.3 is 19.9 Å². The van der Waals surface area contributed by atoms with Crippen molar-refractivity contribution in [1.82, 2.24) is 4.57 Å². The van der Waals surface area contributed by atoms with Crippen molar-refractivity contribution in [1.29, 1.82) is 0 Å². The number of hydrogen-bond donors (Lipinski definition) is 2. The molecule has 0 unspecified atom stereocenters. The van der Waals surface area contributed by atoms with Gasteiger partial charge in [0.1, 0.15) is 6.54 Å². The number of ether oxygens (including phenoxy) is 1. The van der Waals surface area contributed by atoms with Crippen molar-refractivity contribution < 1.29 is 19.1 Å². The number of hydrogen-bond acceptors (Lipinski definition) is 5. The number of rotatable bonds is 6. The van der Waals surface area contributed by atoms with Gasteiger partial charge in [-0.15, -0.1) is 0 Å². The van der Waals surface area contributed by atoms with E-state index in [1.807, 2.05) is 6.92 Å². The Hall–Kier alpha value is -4.20. The zero-order valence-corrected chi connectivity index (χ0v) is 17.0. The summed E-state index contributed by atoms with van der Waals surface area (Å²) < 4.78 is 5.97. The predicted octanol–water partition coefficient (Wildman–Crippen LogP) is 2.83. The topological polar surface area (TPSA) is 106 Å². The molecule has 1 heterocycles. The SMILES string of the molecule is COC(=O)c1ccc(NC(=O)c2ccc(NC(=O)Cn3cc(C)ccc3=O)cc2)cc1. The number of benzene rings is 2. The summed E-state index contributed by atoms with van der Waals surface area (Å²) in [5, 5.41) is 5.43. The first-order chi connectivity index (χ1) is 14.9. The number of anilines is 2. The highest BCUT2D eigenvalue weighted by Gasteiger charge is 2.10. The van der Waals surface area contributed by atoms with Crippen LogP contribution < -0.4 is 16.2 Å². The second kappa shape index (κ2) is 9.53. The fourth-order valence-corrected chi connectivity index (χ4v) is 2.85. The Bertz CT molecular complexity index is 1170. The maximum atomic E-state index is 12.4. The van der Waals surface area contributed by atoms with E-state index in [0.717, 1.165) is 5.56 Å². The third-order valence-corrected chi connectivity index (χ3v) is 4.44. The molecule has 31 heavy (non-hydrogen) atoms. The van der Waals surface area contributed by atoms with Crippen molar-refractivity contribution in [3.63, 3.8) is 0 Å². The van der Waals surface area contributed by atoms with Gasteiger partial charge in [0, 0.05) is 29.2 Å². The first-order valence-electron chi connectivity index (χ1n) is 9.42. The summed E-state index contributed by atoms with van der Waals surface area (Å²) in [6.07, 6.45) is 1.62. The van der Waals surface area contributed by atoms with Gasteiger partial charge in [0.05, 0.1) is 12.7 Å². The van der Waals surface area contributed by atoms with E-state index < -0.39 is 5.97 Å². The molecule has 2 N–H and O–H groups in total. The molecule has 3 aromatic rings. The molecule has 0 aliphatic rings. The number of aromatic nitrogens is 1. The molecule has 0 fully saturated rings. The van der Waals surface area contributed by atoms with E-state index >= 15 is 0 Å². The molecule has 3 rings (SSSR count). The van der Waals surface area contributed by atoms with Gasteiger partial charge in [0.25, 0.3) is 11.5 Å². The number of carbonyl (C=O) groups is 3. The fraction of sp³-hybridized carbons (Fsp3) is 0.130. The van der Waals surface area contributed by atoms with E-state index in [-0.39, 0.29) is 23.9 Å². The van der Waals surface area contributed by atoms with Gasteiger partial charge in [-0.3, -0.25) is 14.4 Å². The second-order valence-corrected chi connectivity index (χ2v) is 6.82. The molecule has 8 nitrogen and oxygen atoms in total. The minimum atomic E-state index is -0.456. The van der Waals surface area contributed by atoms with Crippen LogP contribution in [-0.4, -0.2) is 29.5 Å². The molecule has 2 amide bonds. The molecular weight excluding hydrogens is 398 g/mol. The highest BCUT2D eigenvalue weighted by molar-refractivity contribution is 6.05. The van der Waals surface area contributed by atoms with Gasteiger partial charge in [-0.1, -0.05) is 6.07 Å². The summed E-state index contributed by atoms with van der Waals surface area (Å²) >= 11 is 0. The Morgan fingerprint density at radius 2 is 1.42 bits per heavy atom. The van der Waals surface area contributed by atoms with E-state index in [4.69, 9.17) is 0 Å². The number of nitrogens with one attached hydrogen (secondary N) is 2. The third kappa shape index (κ3) is 5.66. The van der Waals surface area contributed by atoms with E-state index in [9.17, 15) is 19.2 Å². The van der Waals surface area contributed by atoms with Crippen LogP contribution in [0.25, 0.3) is 0 Å². The Balaban J connectivity index is 1.59. The van der Waals surface area contributed by atoms with Crippen molar-refractivity contribution in [2.45, 2.75) is 13.5 Å². The molecule has 0 saturated heterocycles. The number of carbonyl (C=O) groups excluding carboxylic acids is 3. The minimum Gasteiger partial charge on any atom is -0.465 e. The van der Waals surface area contributed by atoms with E-state index in [0.29, 0.717) is 22.5 Å². The summed E-state index contributed by atoms with van der Waals surface area (Å²) in [6, 6.07) is 15.8. The normalized spacial score (nSPS) is 10.3. The number of pyridine rings is 1. The van der Waals surface area contributed by atoms with Crippen molar-refractivity contribution >= 4 is 29.2 Å². The van der Waals surface area contributed by atoms with E-state index in [1.165, 1.54) is 17.7 Å². The largest absolute Gasteiger partial charge is 0.465 e. The van der Waals surface area contributed by atoms with Gasteiger partial charge in [-0.2, -0.15) is 0 Å². The number of methoxy groups -OCH3 is 1. The van der Waals surface area contributed by atoms with Crippen molar-refractivity contribution in [2.24, 2.45) is 0 Å². The monoisotopic (exact) mass is 419 g/mol. The maximum Gasteiger partial charge on any atom is 0.337 e. The summed E-state index contributed by atoms with van der Waals surface area (Å²) in [6.45, 7) is 1.73. The lowest BCUT2D eigenvalue weighted by Crippen LogP contribution is -2.26. The Morgan fingerprint density at radius 3 is 2.03 bits per heavy atom. The van der Waals surface area contributed by atoms with Crippen LogP contribution in [0.15, 0.2) is 71.7 Å². The molecular formula is C23H21N3O5. The molecule has 0 spiro atoms. The summed E-state index contributed by atoms with van der Waals surface area (Å²) in [5.74, 6) is -1.15.